The highest BCUT2D eigenvalue weighted by atomic mass is 16.5. The number of hydrogen-bond donors (Lipinski definition) is 2. The van der Waals surface area contributed by atoms with E-state index in [1.165, 1.54) is 11.1 Å². The molecule has 0 atom stereocenters. The minimum atomic E-state index is -0.112. The Balaban J connectivity index is 1.96. The molecule has 4 heteroatoms. The lowest BCUT2D eigenvalue weighted by atomic mass is 10.1. The molecule has 2 aromatic rings. The zero-order valence-electron chi connectivity index (χ0n) is 12.6. The number of amides is 1. The third-order valence-corrected chi connectivity index (χ3v) is 3.06. The molecular weight excluding hydrogens is 264 g/mol. The van der Waals surface area contributed by atoms with E-state index in [0.717, 1.165) is 5.69 Å². The number of hydrogen-bond acceptors (Lipinski definition) is 3. The average molecular weight is 284 g/mol. The number of carbonyl (C=O) groups is 1. The largest absolute Gasteiger partial charge is 0.495 e. The molecule has 4 nitrogen and oxygen atoms in total. The quantitative estimate of drug-likeness (QED) is 0.885. The van der Waals surface area contributed by atoms with Crippen LogP contribution in [0, 0.1) is 13.8 Å². The lowest BCUT2D eigenvalue weighted by Crippen LogP contribution is -2.22. The van der Waals surface area contributed by atoms with Crippen molar-refractivity contribution in [2.45, 2.75) is 13.8 Å². The molecule has 0 saturated heterocycles. The number of benzene rings is 2. The second-order valence-corrected chi connectivity index (χ2v) is 4.98. The van der Waals surface area contributed by atoms with Crippen LogP contribution in [0.3, 0.4) is 0 Å². The van der Waals surface area contributed by atoms with E-state index in [9.17, 15) is 4.79 Å². The first-order valence-corrected chi connectivity index (χ1v) is 6.83. The monoisotopic (exact) mass is 284 g/mol. The number of anilines is 2. The zero-order valence-corrected chi connectivity index (χ0v) is 12.6. The molecule has 2 rings (SSSR count). The zero-order chi connectivity index (χ0) is 15.2. The summed E-state index contributed by atoms with van der Waals surface area (Å²) < 4.78 is 5.21. The number of para-hydroxylation sites is 2. The van der Waals surface area contributed by atoms with E-state index in [1.54, 1.807) is 7.11 Å². The van der Waals surface area contributed by atoms with Crippen LogP contribution in [-0.2, 0) is 4.79 Å². The van der Waals surface area contributed by atoms with Crippen molar-refractivity contribution in [3.63, 3.8) is 0 Å². The van der Waals surface area contributed by atoms with E-state index < -0.39 is 0 Å². The van der Waals surface area contributed by atoms with Crippen LogP contribution in [0.4, 0.5) is 11.4 Å². The van der Waals surface area contributed by atoms with E-state index in [0.29, 0.717) is 11.4 Å². The van der Waals surface area contributed by atoms with E-state index in [4.69, 9.17) is 4.74 Å². The minimum absolute atomic E-state index is 0.112. The van der Waals surface area contributed by atoms with Crippen LogP contribution in [0.1, 0.15) is 11.1 Å². The molecular formula is C17H20N2O2. The second kappa shape index (κ2) is 6.79. The van der Waals surface area contributed by atoms with Gasteiger partial charge in [0.05, 0.1) is 19.3 Å². The Morgan fingerprint density at radius 2 is 1.76 bits per heavy atom. The Morgan fingerprint density at radius 3 is 2.43 bits per heavy atom. The number of nitrogens with one attached hydrogen (secondary N) is 2. The molecule has 1 amide bonds. The van der Waals surface area contributed by atoms with Crippen LogP contribution in [0.15, 0.2) is 42.5 Å². The highest BCUT2D eigenvalue weighted by Crippen LogP contribution is 2.22. The average Bonchev–Trinajstić information content (AvgIpc) is 2.45. The Kier molecular flexibility index (Phi) is 4.82. The predicted octanol–water partition coefficient (Wildman–Crippen LogP) is 3.36. The van der Waals surface area contributed by atoms with Gasteiger partial charge in [-0.25, -0.2) is 0 Å². The van der Waals surface area contributed by atoms with Crippen LogP contribution in [0.25, 0.3) is 0 Å². The smallest absolute Gasteiger partial charge is 0.243 e. The van der Waals surface area contributed by atoms with E-state index >= 15 is 0 Å². The van der Waals surface area contributed by atoms with Gasteiger partial charge in [-0.15, -0.1) is 0 Å². The molecule has 0 fully saturated rings. The van der Waals surface area contributed by atoms with Gasteiger partial charge in [0.15, 0.2) is 0 Å². The Labute approximate surface area is 125 Å². The van der Waals surface area contributed by atoms with Crippen molar-refractivity contribution >= 4 is 17.3 Å². The highest BCUT2D eigenvalue weighted by Gasteiger charge is 2.06. The van der Waals surface area contributed by atoms with Crippen molar-refractivity contribution in [1.82, 2.24) is 0 Å². The molecule has 0 spiro atoms. The molecule has 0 aliphatic heterocycles. The van der Waals surface area contributed by atoms with Crippen LogP contribution in [0.2, 0.25) is 0 Å². The molecule has 0 aliphatic carbocycles. The van der Waals surface area contributed by atoms with Gasteiger partial charge in [0.1, 0.15) is 5.75 Å². The van der Waals surface area contributed by atoms with Crippen LogP contribution in [-0.4, -0.2) is 19.6 Å². The molecule has 110 valence electrons. The van der Waals surface area contributed by atoms with Gasteiger partial charge in [-0.1, -0.05) is 18.2 Å². The van der Waals surface area contributed by atoms with Gasteiger partial charge in [-0.05, 0) is 49.2 Å². The lowest BCUT2D eigenvalue weighted by molar-refractivity contribution is -0.114. The van der Waals surface area contributed by atoms with E-state index in [-0.39, 0.29) is 12.5 Å². The SMILES string of the molecule is COc1ccccc1NC(=O)CNc1cc(C)cc(C)c1. The van der Waals surface area contributed by atoms with Crippen molar-refractivity contribution in [3.8, 4) is 5.75 Å². The second-order valence-electron chi connectivity index (χ2n) is 4.98. The molecule has 0 aromatic heterocycles. The number of ether oxygens (including phenoxy) is 1. The summed E-state index contributed by atoms with van der Waals surface area (Å²) in [6, 6.07) is 13.5. The maximum Gasteiger partial charge on any atom is 0.243 e. The Bertz CT molecular complexity index is 618. The summed E-state index contributed by atoms with van der Waals surface area (Å²) in [6.07, 6.45) is 0. The van der Waals surface area contributed by atoms with Gasteiger partial charge in [0.25, 0.3) is 0 Å². The number of carbonyl (C=O) groups excluding carboxylic acids is 1. The third-order valence-electron chi connectivity index (χ3n) is 3.06. The number of rotatable bonds is 5. The maximum atomic E-state index is 12.0. The molecule has 2 aromatic carbocycles. The summed E-state index contributed by atoms with van der Waals surface area (Å²) in [5.41, 5.74) is 3.96. The Hall–Kier alpha value is -2.49. The van der Waals surface area contributed by atoms with Gasteiger partial charge in [-0.3, -0.25) is 4.79 Å². The normalized spacial score (nSPS) is 10.0. The minimum Gasteiger partial charge on any atom is -0.495 e. The lowest BCUT2D eigenvalue weighted by Gasteiger charge is -2.11. The molecule has 0 aliphatic rings. The van der Waals surface area contributed by atoms with Crippen molar-refractivity contribution in [2.75, 3.05) is 24.3 Å². The van der Waals surface area contributed by atoms with Gasteiger partial charge < -0.3 is 15.4 Å². The summed E-state index contributed by atoms with van der Waals surface area (Å²) in [4.78, 5) is 12.0. The fraction of sp³-hybridized carbons (Fsp3) is 0.235. The van der Waals surface area contributed by atoms with Crippen LogP contribution >= 0.6 is 0 Å². The summed E-state index contributed by atoms with van der Waals surface area (Å²) in [5.74, 6) is 0.538. The van der Waals surface area contributed by atoms with Crippen LogP contribution in [0.5, 0.6) is 5.75 Å². The van der Waals surface area contributed by atoms with Gasteiger partial charge in [-0.2, -0.15) is 0 Å². The van der Waals surface area contributed by atoms with Crippen molar-refractivity contribution < 1.29 is 9.53 Å². The van der Waals surface area contributed by atoms with Crippen molar-refractivity contribution in [1.29, 1.82) is 0 Å². The van der Waals surface area contributed by atoms with Gasteiger partial charge >= 0.3 is 0 Å². The predicted molar refractivity (Wildman–Crippen MR) is 86.0 cm³/mol. The number of aryl methyl sites for hydroxylation is 2. The Morgan fingerprint density at radius 1 is 1.10 bits per heavy atom. The van der Waals surface area contributed by atoms with Gasteiger partial charge in [0.2, 0.25) is 5.91 Å². The van der Waals surface area contributed by atoms with E-state index in [2.05, 4.69) is 16.7 Å². The molecule has 0 unspecified atom stereocenters. The van der Waals surface area contributed by atoms with Crippen molar-refractivity contribution in [2.24, 2.45) is 0 Å². The first kappa shape index (κ1) is 14.9. The fourth-order valence-corrected chi connectivity index (χ4v) is 2.20. The summed E-state index contributed by atoms with van der Waals surface area (Å²) >= 11 is 0. The summed E-state index contributed by atoms with van der Waals surface area (Å²) in [7, 11) is 1.58. The maximum absolute atomic E-state index is 12.0. The molecule has 0 saturated carbocycles. The first-order valence-electron chi connectivity index (χ1n) is 6.83. The molecule has 21 heavy (non-hydrogen) atoms. The standard InChI is InChI=1S/C17H20N2O2/c1-12-8-13(2)10-14(9-12)18-11-17(20)19-15-6-4-5-7-16(15)21-3/h4-10,18H,11H2,1-3H3,(H,19,20). The fourth-order valence-electron chi connectivity index (χ4n) is 2.20. The molecule has 0 bridgehead atoms. The summed E-state index contributed by atoms with van der Waals surface area (Å²) in [6.45, 7) is 4.28. The van der Waals surface area contributed by atoms with Gasteiger partial charge in [0, 0.05) is 5.69 Å². The highest BCUT2D eigenvalue weighted by molar-refractivity contribution is 5.95. The molecule has 0 radical (unpaired) electrons. The summed E-state index contributed by atoms with van der Waals surface area (Å²) in [5, 5.41) is 5.97. The topological polar surface area (TPSA) is 50.4 Å². The molecule has 2 N–H and O–H groups in total. The third kappa shape index (κ3) is 4.24. The first-order chi connectivity index (χ1) is 10.1. The molecule has 0 heterocycles. The van der Waals surface area contributed by atoms with Crippen LogP contribution < -0.4 is 15.4 Å². The van der Waals surface area contributed by atoms with E-state index in [1.807, 2.05) is 50.2 Å². The number of methoxy groups -OCH3 is 1. The van der Waals surface area contributed by atoms with Crippen molar-refractivity contribution in [3.05, 3.63) is 53.6 Å².